The first-order valence-electron chi connectivity index (χ1n) is 7.20. The van der Waals surface area contributed by atoms with E-state index in [-0.39, 0.29) is 25.2 Å². The van der Waals surface area contributed by atoms with Gasteiger partial charge in [0.25, 0.3) is 0 Å². The third kappa shape index (κ3) is 8.84. The molecule has 0 aliphatic rings. The van der Waals surface area contributed by atoms with E-state index < -0.39 is 30.9 Å². The fraction of sp³-hybridized carbons (Fsp3) is 0.857. The molecule has 0 saturated heterocycles. The zero-order valence-electron chi connectivity index (χ0n) is 12.7. The number of hydrogen-bond acceptors (Lipinski definition) is 4. The Morgan fingerprint density at radius 2 is 1.50 bits per heavy atom. The molecule has 0 saturated carbocycles. The molecule has 0 unspecified atom stereocenters. The molecule has 0 bridgehead atoms. The van der Waals surface area contributed by atoms with E-state index in [2.05, 4.69) is 4.74 Å². The molecule has 0 fully saturated rings. The summed E-state index contributed by atoms with van der Waals surface area (Å²) in [6, 6.07) is 0. The summed E-state index contributed by atoms with van der Waals surface area (Å²) >= 11 is 0. The van der Waals surface area contributed by atoms with Crippen LogP contribution in [0, 0.1) is 5.92 Å². The maximum Gasteiger partial charge on any atom is 0.340 e. The molecule has 0 aromatic carbocycles. The number of ether oxygens (including phenoxy) is 2. The third-order valence-electron chi connectivity index (χ3n) is 3.14. The van der Waals surface area contributed by atoms with Gasteiger partial charge in [-0.25, -0.2) is 8.78 Å². The monoisotopic (exact) mass is 330 g/mol. The van der Waals surface area contributed by atoms with Gasteiger partial charge in [-0.3, -0.25) is 9.59 Å². The van der Waals surface area contributed by atoms with Crippen molar-refractivity contribution in [2.45, 2.75) is 58.3 Å². The minimum atomic E-state index is -4.36. The van der Waals surface area contributed by atoms with Gasteiger partial charge >= 0.3 is 24.3 Å². The molecular formula is C14H22F4O4. The Hall–Kier alpha value is -1.34. The lowest BCUT2D eigenvalue weighted by molar-refractivity contribution is -0.179. The predicted octanol–water partition coefficient (Wildman–Crippen LogP) is 3.58. The first-order chi connectivity index (χ1) is 10.2. The molecule has 22 heavy (non-hydrogen) atoms. The SMILES string of the molecule is CCC(CC)COC(=O)CCCC(=O)OCC(F)(F)C(F)F. The number of hydrogen-bond donors (Lipinski definition) is 0. The first-order valence-corrected chi connectivity index (χ1v) is 7.20. The predicted molar refractivity (Wildman–Crippen MR) is 70.8 cm³/mol. The highest BCUT2D eigenvalue weighted by atomic mass is 19.3. The molecule has 0 amide bonds. The van der Waals surface area contributed by atoms with E-state index in [1.807, 2.05) is 13.8 Å². The van der Waals surface area contributed by atoms with Gasteiger partial charge in [-0.2, -0.15) is 8.78 Å². The lowest BCUT2D eigenvalue weighted by Gasteiger charge is -2.15. The van der Waals surface area contributed by atoms with E-state index in [0.717, 1.165) is 12.8 Å². The Kier molecular flexibility index (Phi) is 9.76. The number of carbonyl (C=O) groups is 2. The van der Waals surface area contributed by atoms with Crippen molar-refractivity contribution in [2.75, 3.05) is 13.2 Å². The Balaban J connectivity index is 3.82. The molecule has 0 aliphatic carbocycles. The molecule has 130 valence electrons. The van der Waals surface area contributed by atoms with E-state index >= 15 is 0 Å². The van der Waals surface area contributed by atoms with Crippen LogP contribution in [0.2, 0.25) is 0 Å². The minimum Gasteiger partial charge on any atom is -0.465 e. The van der Waals surface area contributed by atoms with Crippen LogP contribution in [0.5, 0.6) is 0 Å². The van der Waals surface area contributed by atoms with Gasteiger partial charge in [0.2, 0.25) is 0 Å². The smallest absolute Gasteiger partial charge is 0.340 e. The highest BCUT2D eigenvalue weighted by molar-refractivity contribution is 5.72. The Bertz CT molecular complexity index is 344. The summed E-state index contributed by atoms with van der Waals surface area (Å²) < 4.78 is 57.7. The average Bonchev–Trinajstić information content (AvgIpc) is 2.46. The minimum absolute atomic E-state index is 0.0551. The highest BCUT2D eigenvalue weighted by Crippen LogP contribution is 2.23. The quantitative estimate of drug-likeness (QED) is 0.429. The van der Waals surface area contributed by atoms with Crippen molar-refractivity contribution in [3.05, 3.63) is 0 Å². The van der Waals surface area contributed by atoms with E-state index in [4.69, 9.17) is 4.74 Å². The van der Waals surface area contributed by atoms with Gasteiger partial charge in [0.05, 0.1) is 6.61 Å². The topological polar surface area (TPSA) is 52.6 Å². The van der Waals surface area contributed by atoms with Gasteiger partial charge in [0.1, 0.15) is 0 Å². The van der Waals surface area contributed by atoms with Crippen molar-refractivity contribution in [3.8, 4) is 0 Å². The molecule has 0 N–H and O–H groups in total. The van der Waals surface area contributed by atoms with Crippen LogP contribution in [-0.4, -0.2) is 37.5 Å². The summed E-state index contributed by atoms with van der Waals surface area (Å²) in [6.07, 6.45) is -2.43. The fourth-order valence-corrected chi connectivity index (χ4v) is 1.50. The number of halogens is 4. The summed E-state index contributed by atoms with van der Waals surface area (Å²) in [5.41, 5.74) is 0. The van der Waals surface area contributed by atoms with Crippen LogP contribution in [0.15, 0.2) is 0 Å². The lowest BCUT2D eigenvalue weighted by atomic mass is 10.1. The van der Waals surface area contributed by atoms with E-state index in [1.165, 1.54) is 0 Å². The third-order valence-corrected chi connectivity index (χ3v) is 3.14. The van der Waals surface area contributed by atoms with Gasteiger partial charge in [-0.1, -0.05) is 26.7 Å². The lowest BCUT2D eigenvalue weighted by Crippen LogP contribution is -2.33. The van der Waals surface area contributed by atoms with E-state index in [0.29, 0.717) is 6.61 Å². The van der Waals surface area contributed by atoms with Crippen molar-refractivity contribution in [1.82, 2.24) is 0 Å². The zero-order chi connectivity index (χ0) is 17.2. The molecule has 0 aromatic heterocycles. The van der Waals surface area contributed by atoms with Gasteiger partial charge in [0.15, 0.2) is 6.61 Å². The second kappa shape index (κ2) is 10.4. The van der Waals surface area contributed by atoms with E-state index in [9.17, 15) is 27.2 Å². The maximum absolute atomic E-state index is 12.5. The van der Waals surface area contributed by atoms with Crippen LogP contribution in [0.1, 0.15) is 46.0 Å². The fourth-order valence-electron chi connectivity index (χ4n) is 1.50. The molecular weight excluding hydrogens is 308 g/mol. The zero-order valence-corrected chi connectivity index (χ0v) is 12.7. The maximum atomic E-state index is 12.5. The van der Waals surface area contributed by atoms with Crippen LogP contribution >= 0.6 is 0 Å². The van der Waals surface area contributed by atoms with Gasteiger partial charge in [-0.05, 0) is 12.3 Å². The second-order valence-electron chi connectivity index (χ2n) is 4.94. The summed E-state index contributed by atoms with van der Waals surface area (Å²) in [4.78, 5) is 22.5. The number of carbonyl (C=O) groups excluding carboxylic acids is 2. The largest absolute Gasteiger partial charge is 0.465 e. The Morgan fingerprint density at radius 3 is 1.95 bits per heavy atom. The van der Waals surface area contributed by atoms with Gasteiger partial charge < -0.3 is 9.47 Å². The van der Waals surface area contributed by atoms with Crippen LogP contribution < -0.4 is 0 Å². The summed E-state index contributed by atoms with van der Waals surface area (Å²) in [6.45, 7) is 2.60. The molecule has 0 aromatic rings. The second-order valence-corrected chi connectivity index (χ2v) is 4.94. The molecule has 0 aliphatic heterocycles. The van der Waals surface area contributed by atoms with E-state index in [1.54, 1.807) is 0 Å². The highest BCUT2D eigenvalue weighted by Gasteiger charge is 2.42. The molecule has 4 nitrogen and oxygen atoms in total. The van der Waals surface area contributed by atoms with Crippen LogP contribution in [0.4, 0.5) is 17.6 Å². The number of rotatable bonds is 11. The van der Waals surface area contributed by atoms with Crippen molar-refractivity contribution in [2.24, 2.45) is 5.92 Å². The summed E-state index contributed by atoms with van der Waals surface area (Å²) in [7, 11) is 0. The van der Waals surface area contributed by atoms with Gasteiger partial charge in [-0.15, -0.1) is 0 Å². The molecule has 8 heteroatoms. The van der Waals surface area contributed by atoms with Gasteiger partial charge in [0, 0.05) is 12.8 Å². The Morgan fingerprint density at radius 1 is 1.00 bits per heavy atom. The van der Waals surface area contributed by atoms with Crippen LogP contribution in [-0.2, 0) is 19.1 Å². The standard InChI is InChI=1S/C14H22F4O4/c1-3-10(4-2)8-21-11(19)6-5-7-12(20)22-9-14(17,18)13(15)16/h10,13H,3-9H2,1-2H3. The first kappa shape index (κ1) is 20.7. The normalized spacial score (nSPS) is 11.8. The summed E-state index contributed by atoms with van der Waals surface area (Å²) in [5.74, 6) is -5.61. The molecule has 0 spiro atoms. The van der Waals surface area contributed by atoms with Crippen molar-refractivity contribution < 1.29 is 36.6 Å². The number of alkyl halides is 4. The van der Waals surface area contributed by atoms with Crippen molar-refractivity contribution >= 4 is 11.9 Å². The molecule has 0 radical (unpaired) electrons. The van der Waals surface area contributed by atoms with Crippen molar-refractivity contribution in [3.63, 3.8) is 0 Å². The van der Waals surface area contributed by atoms with Crippen LogP contribution in [0.3, 0.4) is 0 Å². The molecule has 0 heterocycles. The molecule has 0 rings (SSSR count). The summed E-state index contributed by atoms with van der Waals surface area (Å²) in [5, 5.41) is 0. The number of esters is 2. The molecule has 0 atom stereocenters. The van der Waals surface area contributed by atoms with Crippen LogP contribution in [0.25, 0.3) is 0 Å². The van der Waals surface area contributed by atoms with Crippen molar-refractivity contribution in [1.29, 1.82) is 0 Å². The average molecular weight is 330 g/mol. The Labute approximate surface area is 127 Å².